The summed E-state index contributed by atoms with van der Waals surface area (Å²) in [6.45, 7) is 4.34. The van der Waals surface area contributed by atoms with Gasteiger partial charge in [0.2, 0.25) is 5.91 Å². The number of rotatable bonds is 4. The van der Waals surface area contributed by atoms with Gasteiger partial charge in [0.25, 0.3) is 0 Å². The SMILES string of the molecule is CC(=O)c1nc2ccccc2n1C(=O)CCN1CCCC1. The fourth-order valence-corrected chi connectivity index (χ4v) is 2.89. The summed E-state index contributed by atoms with van der Waals surface area (Å²) in [7, 11) is 0. The fraction of sp³-hybridized carbons (Fsp3) is 0.438. The third kappa shape index (κ3) is 2.74. The van der Waals surface area contributed by atoms with Gasteiger partial charge in [0.05, 0.1) is 11.0 Å². The maximum absolute atomic E-state index is 12.5. The minimum Gasteiger partial charge on any atom is -0.303 e. The molecule has 21 heavy (non-hydrogen) atoms. The number of fused-ring (bicyclic) bond motifs is 1. The first-order valence-electron chi connectivity index (χ1n) is 7.41. The lowest BCUT2D eigenvalue weighted by Gasteiger charge is -2.14. The standard InChI is InChI=1S/C16H19N3O2/c1-12(20)16-17-13-6-2-3-7-14(13)19(16)15(21)8-11-18-9-4-5-10-18/h2-3,6-7H,4-5,8-11H2,1H3. The van der Waals surface area contributed by atoms with E-state index < -0.39 is 0 Å². The highest BCUT2D eigenvalue weighted by Crippen LogP contribution is 2.17. The van der Waals surface area contributed by atoms with Gasteiger partial charge in [-0.25, -0.2) is 4.98 Å². The zero-order valence-corrected chi connectivity index (χ0v) is 12.2. The number of aromatic nitrogens is 2. The maximum atomic E-state index is 12.5. The van der Waals surface area contributed by atoms with E-state index in [9.17, 15) is 9.59 Å². The predicted octanol–water partition coefficient (Wildman–Crippen LogP) is 2.37. The molecule has 1 aromatic heterocycles. The molecular weight excluding hydrogens is 266 g/mol. The molecule has 2 aromatic rings. The topological polar surface area (TPSA) is 55.2 Å². The van der Waals surface area contributed by atoms with Gasteiger partial charge in [-0.15, -0.1) is 0 Å². The summed E-state index contributed by atoms with van der Waals surface area (Å²) in [5.41, 5.74) is 1.41. The van der Waals surface area contributed by atoms with E-state index in [1.165, 1.54) is 24.3 Å². The summed E-state index contributed by atoms with van der Waals surface area (Å²) < 4.78 is 1.48. The van der Waals surface area contributed by atoms with E-state index in [0.29, 0.717) is 17.5 Å². The molecule has 1 fully saturated rings. The van der Waals surface area contributed by atoms with Crippen LogP contribution in [-0.2, 0) is 0 Å². The third-order valence-corrected chi connectivity index (χ3v) is 3.97. The Kier molecular flexibility index (Phi) is 3.84. The molecule has 2 heterocycles. The van der Waals surface area contributed by atoms with Gasteiger partial charge in [-0.1, -0.05) is 12.1 Å². The van der Waals surface area contributed by atoms with E-state index >= 15 is 0 Å². The lowest BCUT2D eigenvalue weighted by molar-refractivity contribution is 0.0871. The Hall–Kier alpha value is -2.01. The average molecular weight is 285 g/mol. The second-order valence-electron chi connectivity index (χ2n) is 5.51. The van der Waals surface area contributed by atoms with Crippen molar-refractivity contribution in [2.45, 2.75) is 26.2 Å². The second kappa shape index (κ2) is 5.77. The van der Waals surface area contributed by atoms with Gasteiger partial charge >= 0.3 is 0 Å². The molecule has 0 saturated carbocycles. The first kappa shape index (κ1) is 13.9. The van der Waals surface area contributed by atoms with Gasteiger partial charge in [-0.3, -0.25) is 14.2 Å². The van der Waals surface area contributed by atoms with Crippen LogP contribution in [0.5, 0.6) is 0 Å². The van der Waals surface area contributed by atoms with Crippen LogP contribution in [0.25, 0.3) is 11.0 Å². The van der Waals surface area contributed by atoms with Crippen LogP contribution in [0.15, 0.2) is 24.3 Å². The van der Waals surface area contributed by atoms with E-state index in [0.717, 1.165) is 19.6 Å². The van der Waals surface area contributed by atoms with Gasteiger partial charge < -0.3 is 4.90 Å². The maximum Gasteiger partial charge on any atom is 0.234 e. The Morgan fingerprint density at radius 1 is 1.19 bits per heavy atom. The number of hydrogen-bond acceptors (Lipinski definition) is 4. The molecule has 0 bridgehead atoms. The molecule has 1 saturated heterocycles. The van der Waals surface area contributed by atoms with Crippen LogP contribution in [0.2, 0.25) is 0 Å². The molecule has 0 N–H and O–H groups in total. The lowest BCUT2D eigenvalue weighted by atomic mass is 10.3. The zero-order chi connectivity index (χ0) is 14.8. The smallest absolute Gasteiger partial charge is 0.234 e. The molecule has 0 unspecified atom stereocenters. The molecule has 110 valence electrons. The first-order valence-corrected chi connectivity index (χ1v) is 7.41. The highest BCUT2D eigenvalue weighted by atomic mass is 16.2. The quantitative estimate of drug-likeness (QED) is 0.809. The first-order chi connectivity index (χ1) is 10.2. The Morgan fingerprint density at radius 3 is 2.62 bits per heavy atom. The molecule has 5 heteroatoms. The van der Waals surface area contributed by atoms with Crippen LogP contribution in [0, 0.1) is 0 Å². The highest BCUT2D eigenvalue weighted by molar-refractivity contribution is 6.01. The Bertz CT molecular complexity index is 684. The van der Waals surface area contributed by atoms with Crippen molar-refractivity contribution in [2.75, 3.05) is 19.6 Å². The third-order valence-electron chi connectivity index (χ3n) is 3.97. The number of ketones is 1. The Morgan fingerprint density at radius 2 is 1.90 bits per heavy atom. The van der Waals surface area contributed by atoms with Crippen LogP contribution >= 0.6 is 0 Å². The summed E-state index contributed by atoms with van der Waals surface area (Å²) in [4.78, 5) is 30.9. The van der Waals surface area contributed by atoms with Crippen molar-refractivity contribution in [2.24, 2.45) is 0 Å². The van der Waals surface area contributed by atoms with Crippen LogP contribution in [0.3, 0.4) is 0 Å². The zero-order valence-electron chi connectivity index (χ0n) is 12.2. The summed E-state index contributed by atoms with van der Waals surface area (Å²) >= 11 is 0. The summed E-state index contributed by atoms with van der Waals surface area (Å²) in [6, 6.07) is 7.38. The van der Waals surface area contributed by atoms with Crippen molar-refractivity contribution in [3.63, 3.8) is 0 Å². The van der Waals surface area contributed by atoms with Gasteiger partial charge in [0, 0.05) is 19.9 Å². The van der Waals surface area contributed by atoms with Crippen molar-refractivity contribution < 1.29 is 9.59 Å². The molecule has 3 rings (SSSR count). The number of para-hydroxylation sites is 2. The van der Waals surface area contributed by atoms with Crippen LogP contribution < -0.4 is 0 Å². The van der Waals surface area contributed by atoms with Gasteiger partial charge in [-0.2, -0.15) is 0 Å². The van der Waals surface area contributed by atoms with Gasteiger partial charge in [0.1, 0.15) is 0 Å². The number of benzene rings is 1. The van der Waals surface area contributed by atoms with Crippen molar-refractivity contribution >= 4 is 22.7 Å². The minimum atomic E-state index is -0.180. The van der Waals surface area contributed by atoms with Crippen LogP contribution in [0.4, 0.5) is 0 Å². The van der Waals surface area contributed by atoms with Crippen molar-refractivity contribution in [1.29, 1.82) is 0 Å². The minimum absolute atomic E-state index is 0.0548. The monoisotopic (exact) mass is 285 g/mol. The number of hydrogen-bond donors (Lipinski definition) is 0. The van der Waals surface area contributed by atoms with Gasteiger partial charge in [0.15, 0.2) is 11.6 Å². The Labute approximate surface area is 123 Å². The number of carbonyl (C=O) groups excluding carboxylic acids is 2. The molecule has 0 radical (unpaired) electrons. The number of nitrogens with zero attached hydrogens (tertiary/aromatic N) is 3. The van der Waals surface area contributed by atoms with Crippen molar-refractivity contribution in [3.05, 3.63) is 30.1 Å². The normalized spacial score (nSPS) is 15.7. The molecule has 0 atom stereocenters. The predicted molar refractivity (Wildman–Crippen MR) is 80.7 cm³/mol. The van der Waals surface area contributed by atoms with Crippen LogP contribution in [-0.4, -0.2) is 45.8 Å². The fourth-order valence-electron chi connectivity index (χ4n) is 2.89. The van der Waals surface area contributed by atoms with E-state index in [2.05, 4.69) is 9.88 Å². The highest BCUT2D eigenvalue weighted by Gasteiger charge is 2.20. The number of carbonyl (C=O) groups is 2. The number of imidazole rings is 1. The van der Waals surface area contributed by atoms with E-state index in [4.69, 9.17) is 0 Å². The van der Waals surface area contributed by atoms with Crippen molar-refractivity contribution in [3.8, 4) is 0 Å². The number of Topliss-reactive ketones (excluding diaryl/α,β-unsaturated/α-hetero) is 1. The number of likely N-dealkylation sites (tertiary alicyclic amines) is 1. The molecule has 1 aromatic carbocycles. The molecule has 5 nitrogen and oxygen atoms in total. The molecule has 1 aliphatic heterocycles. The lowest BCUT2D eigenvalue weighted by Crippen LogP contribution is -2.25. The Balaban J connectivity index is 1.88. The van der Waals surface area contributed by atoms with E-state index in [-0.39, 0.29) is 17.5 Å². The molecule has 0 spiro atoms. The summed E-state index contributed by atoms with van der Waals surface area (Å²) in [5, 5.41) is 0. The largest absolute Gasteiger partial charge is 0.303 e. The average Bonchev–Trinajstić information content (AvgIpc) is 3.11. The molecule has 1 aliphatic rings. The molecule has 0 aliphatic carbocycles. The summed E-state index contributed by atoms with van der Waals surface area (Å²) in [5.74, 6) is 0.00384. The van der Waals surface area contributed by atoms with Gasteiger partial charge in [-0.05, 0) is 38.1 Å². The molecular formula is C16H19N3O2. The second-order valence-corrected chi connectivity index (χ2v) is 5.51. The van der Waals surface area contributed by atoms with Crippen LogP contribution in [0.1, 0.15) is 41.6 Å². The molecule has 0 amide bonds. The van der Waals surface area contributed by atoms with Crippen molar-refractivity contribution in [1.82, 2.24) is 14.5 Å². The van der Waals surface area contributed by atoms with E-state index in [1.54, 1.807) is 0 Å². The van der Waals surface area contributed by atoms with E-state index in [1.807, 2.05) is 24.3 Å². The summed E-state index contributed by atoms with van der Waals surface area (Å²) in [6.07, 6.45) is 2.84.